The van der Waals surface area contributed by atoms with Crippen molar-refractivity contribution in [3.63, 3.8) is 0 Å². The fourth-order valence-corrected chi connectivity index (χ4v) is 3.25. The van der Waals surface area contributed by atoms with E-state index in [0.29, 0.717) is 13.0 Å². The Morgan fingerprint density at radius 2 is 2.15 bits per heavy atom. The molecule has 7 nitrogen and oxygen atoms in total. The number of aromatic amines is 1. The molecule has 0 aliphatic carbocycles. The highest BCUT2D eigenvalue weighted by Gasteiger charge is 2.19. The average molecular weight is 358 g/mol. The van der Waals surface area contributed by atoms with Gasteiger partial charge in [-0.15, -0.1) is 0 Å². The van der Waals surface area contributed by atoms with Gasteiger partial charge in [0.15, 0.2) is 0 Å². The molecule has 7 heteroatoms. The second-order valence-electron chi connectivity index (χ2n) is 6.84. The highest BCUT2D eigenvalue weighted by atomic mass is 16.1. The first kappa shape index (κ1) is 19.9. The summed E-state index contributed by atoms with van der Waals surface area (Å²) in [4.78, 5) is 20.6. The van der Waals surface area contributed by atoms with Gasteiger partial charge in [0.05, 0.1) is 5.69 Å². The number of nitrogens with zero attached hydrogens (tertiary/aromatic N) is 3. The standard InChI is InChI=1S/C19H30N6O/c1-5-6-7-16(11-21-17-8-9-20-12-22-17)23-18(26)10-13(2)19-14(3)24-25-15(19)4/h8-9,12-13,16H,5-7,10-11H2,1-4H3,(H,23,26)(H,24,25)(H,20,21,22). The van der Waals surface area contributed by atoms with Crippen LogP contribution in [0.5, 0.6) is 0 Å². The van der Waals surface area contributed by atoms with Gasteiger partial charge in [-0.3, -0.25) is 9.89 Å². The van der Waals surface area contributed by atoms with Gasteiger partial charge < -0.3 is 10.6 Å². The normalized spacial score (nSPS) is 13.2. The van der Waals surface area contributed by atoms with Gasteiger partial charge in [0.25, 0.3) is 0 Å². The molecule has 2 atom stereocenters. The summed E-state index contributed by atoms with van der Waals surface area (Å²) in [5.41, 5.74) is 3.15. The molecule has 0 radical (unpaired) electrons. The topological polar surface area (TPSA) is 95.6 Å². The molecule has 0 saturated carbocycles. The van der Waals surface area contributed by atoms with Crippen LogP contribution < -0.4 is 10.6 Å². The predicted molar refractivity (Wildman–Crippen MR) is 103 cm³/mol. The molecule has 0 fully saturated rings. The molecule has 0 spiro atoms. The number of aryl methyl sites for hydroxylation is 2. The van der Waals surface area contributed by atoms with Crippen molar-refractivity contribution in [3.8, 4) is 0 Å². The number of amides is 1. The number of nitrogens with one attached hydrogen (secondary N) is 3. The largest absolute Gasteiger partial charge is 0.368 e. The molecule has 0 aliphatic rings. The maximum Gasteiger partial charge on any atom is 0.220 e. The van der Waals surface area contributed by atoms with Crippen LogP contribution in [0.4, 0.5) is 5.82 Å². The molecule has 0 aromatic carbocycles. The van der Waals surface area contributed by atoms with E-state index in [9.17, 15) is 4.79 Å². The first-order valence-electron chi connectivity index (χ1n) is 9.32. The summed E-state index contributed by atoms with van der Waals surface area (Å²) < 4.78 is 0. The van der Waals surface area contributed by atoms with E-state index >= 15 is 0 Å². The summed E-state index contributed by atoms with van der Waals surface area (Å²) in [6.45, 7) is 8.86. The quantitative estimate of drug-likeness (QED) is 0.606. The van der Waals surface area contributed by atoms with E-state index in [4.69, 9.17) is 0 Å². The third kappa shape index (κ3) is 5.82. The van der Waals surface area contributed by atoms with Gasteiger partial charge in [0.1, 0.15) is 12.1 Å². The predicted octanol–water partition coefficient (Wildman–Crippen LogP) is 3.10. The lowest BCUT2D eigenvalue weighted by atomic mass is 9.95. The van der Waals surface area contributed by atoms with E-state index in [0.717, 1.165) is 42.0 Å². The third-order valence-electron chi connectivity index (χ3n) is 4.55. The molecule has 0 aliphatic heterocycles. The summed E-state index contributed by atoms with van der Waals surface area (Å²) in [5, 5.41) is 13.7. The van der Waals surface area contributed by atoms with Crippen LogP contribution in [0.3, 0.4) is 0 Å². The lowest BCUT2D eigenvalue weighted by Gasteiger charge is -2.21. The summed E-state index contributed by atoms with van der Waals surface area (Å²) in [6, 6.07) is 1.90. The summed E-state index contributed by atoms with van der Waals surface area (Å²) in [6.07, 6.45) is 6.79. The molecular weight excluding hydrogens is 328 g/mol. The molecule has 1 amide bonds. The zero-order chi connectivity index (χ0) is 18.9. The van der Waals surface area contributed by atoms with Crippen LogP contribution in [0.2, 0.25) is 0 Å². The number of rotatable bonds is 10. The molecule has 26 heavy (non-hydrogen) atoms. The van der Waals surface area contributed by atoms with E-state index in [-0.39, 0.29) is 17.9 Å². The number of anilines is 1. The SMILES string of the molecule is CCCCC(CNc1ccncn1)NC(=O)CC(C)c1c(C)n[nH]c1C. The zero-order valence-corrected chi connectivity index (χ0v) is 16.2. The van der Waals surface area contributed by atoms with E-state index in [1.54, 1.807) is 6.20 Å². The first-order chi connectivity index (χ1) is 12.5. The second-order valence-corrected chi connectivity index (χ2v) is 6.84. The monoisotopic (exact) mass is 358 g/mol. The van der Waals surface area contributed by atoms with E-state index in [2.05, 4.69) is 44.6 Å². The van der Waals surface area contributed by atoms with Crippen molar-refractivity contribution >= 4 is 11.7 Å². The fourth-order valence-electron chi connectivity index (χ4n) is 3.25. The van der Waals surface area contributed by atoms with Crippen LogP contribution in [0.1, 0.15) is 62.4 Å². The minimum absolute atomic E-state index is 0.0723. The van der Waals surface area contributed by atoms with Crippen molar-refractivity contribution in [1.82, 2.24) is 25.5 Å². The van der Waals surface area contributed by atoms with Gasteiger partial charge in [-0.1, -0.05) is 26.7 Å². The molecule has 2 heterocycles. The van der Waals surface area contributed by atoms with Gasteiger partial charge in [-0.2, -0.15) is 5.10 Å². The van der Waals surface area contributed by atoms with Crippen LogP contribution in [0, 0.1) is 13.8 Å². The fraction of sp³-hybridized carbons (Fsp3) is 0.579. The lowest BCUT2D eigenvalue weighted by molar-refractivity contribution is -0.122. The summed E-state index contributed by atoms with van der Waals surface area (Å²) in [5.74, 6) is 0.979. The molecule has 2 aromatic heterocycles. The molecule has 2 rings (SSSR count). The number of carbonyl (C=O) groups excluding carboxylic acids is 1. The van der Waals surface area contributed by atoms with Crippen molar-refractivity contribution in [1.29, 1.82) is 0 Å². The minimum atomic E-state index is 0.0723. The van der Waals surface area contributed by atoms with Gasteiger partial charge in [-0.05, 0) is 37.8 Å². The van der Waals surface area contributed by atoms with Crippen molar-refractivity contribution in [2.24, 2.45) is 0 Å². The van der Waals surface area contributed by atoms with Crippen molar-refractivity contribution in [2.75, 3.05) is 11.9 Å². The Balaban J connectivity index is 1.90. The van der Waals surface area contributed by atoms with E-state index in [1.807, 2.05) is 19.9 Å². The number of hydrogen-bond acceptors (Lipinski definition) is 5. The summed E-state index contributed by atoms with van der Waals surface area (Å²) >= 11 is 0. The maximum atomic E-state index is 12.6. The number of carbonyl (C=O) groups is 1. The van der Waals surface area contributed by atoms with Crippen molar-refractivity contribution in [2.45, 2.75) is 65.3 Å². The van der Waals surface area contributed by atoms with Crippen molar-refractivity contribution in [3.05, 3.63) is 35.5 Å². The smallest absolute Gasteiger partial charge is 0.220 e. The molecule has 0 saturated heterocycles. The maximum absolute atomic E-state index is 12.6. The number of aromatic nitrogens is 4. The van der Waals surface area contributed by atoms with Gasteiger partial charge >= 0.3 is 0 Å². The molecule has 0 bridgehead atoms. The zero-order valence-electron chi connectivity index (χ0n) is 16.2. The van der Waals surface area contributed by atoms with Crippen molar-refractivity contribution < 1.29 is 4.79 Å². The Hall–Kier alpha value is -2.44. The highest BCUT2D eigenvalue weighted by Crippen LogP contribution is 2.24. The molecule has 3 N–H and O–H groups in total. The average Bonchev–Trinajstić information content (AvgIpc) is 2.96. The molecule has 2 unspecified atom stereocenters. The summed E-state index contributed by atoms with van der Waals surface area (Å²) in [7, 11) is 0. The molecule has 2 aromatic rings. The van der Waals surface area contributed by atoms with Crippen LogP contribution >= 0.6 is 0 Å². The Bertz CT molecular complexity index is 665. The van der Waals surface area contributed by atoms with Gasteiger partial charge in [-0.25, -0.2) is 9.97 Å². The number of H-pyrrole nitrogens is 1. The Morgan fingerprint density at radius 3 is 2.77 bits per heavy atom. The van der Waals surface area contributed by atoms with Crippen LogP contribution in [-0.4, -0.2) is 38.7 Å². The molecular formula is C19H30N6O. The second kappa shape index (κ2) is 9.89. The van der Waals surface area contributed by atoms with Crippen LogP contribution in [-0.2, 0) is 4.79 Å². The lowest BCUT2D eigenvalue weighted by Crippen LogP contribution is -2.40. The Morgan fingerprint density at radius 1 is 1.35 bits per heavy atom. The van der Waals surface area contributed by atoms with Crippen LogP contribution in [0.15, 0.2) is 18.6 Å². The third-order valence-corrected chi connectivity index (χ3v) is 4.55. The van der Waals surface area contributed by atoms with Gasteiger partial charge in [0.2, 0.25) is 5.91 Å². The number of hydrogen-bond donors (Lipinski definition) is 3. The Labute approximate surface area is 155 Å². The first-order valence-corrected chi connectivity index (χ1v) is 9.32. The Kier molecular flexibility index (Phi) is 7.56. The van der Waals surface area contributed by atoms with Gasteiger partial charge in [0, 0.05) is 30.9 Å². The molecule has 142 valence electrons. The van der Waals surface area contributed by atoms with E-state index in [1.165, 1.54) is 6.33 Å². The highest BCUT2D eigenvalue weighted by molar-refractivity contribution is 5.77. The minimum Gasteiger partial charge on any atom is -0.368 e. The number of unbranched alkanes of at least 4 members (excludes halogenated alkanes) is 1. The van der Waals surface area contributed by atoms with Crippen LogP contribution in [0.25, 0.3) is 0 Å². The van der Waals surface area contributed by atoms with E-state index < -0.39 is 0 Å².